The number of amides is 6. The number of carboxylic acids is 2. The predicted octanol–water partition coefficient (Wildman–Crippen LogP) is 4.34. The minimum absolute atomic E-state index is 0. The zero-order chi connectivity index (χ0) is 75.2. The number of rotatable bonds is 15. The van der Waals surface area contributed by atoms with E-state index in [4.69, 9.17) is 41.6 Å². The average Bonchev–Trinajstić information content (AvgIpc) is 1.17. The van der Waals surface area contributed by atoms with Crippen molar-refractivity contribution in [2.24, 2.45) is 17.2 Å². The number of imide groups is 1. The molecule has 29 nitrogen and oxygen atoms in total. The van der Waals surface area contributed by atoms with Crippen LogP contribution in [0.15, 0.2) is 91.0 Å². The lowest BCUT2D eigenvalue weighted by Gasteiger charge is -2.48. The SMILES string of the molecule is C.CC1(N)CS(=O)(=O)C1.CC1(NC(=O)C2(N)CC(F)(F)C2)CS(=O)(=O)C1.CC1(NC(=O)C2(NC(=O)OCc3ccccc3)CC(F)(F)C2)CS(=O)(=O)C1.NC1(C(=O)O)CC(F)(F)C1.O=C(NC1(C(=O)O)CC(F)(F)C1)OCc1ccccc1.O=C(OCc1ccccc1)ON1C(=O)CCC1=O. The first-order chi connectivity index (χ1) is 45.7. The Morgan fingerprint density at radius 3 is 1.04 bits per heavy atom. The van der Waals surface area contributed by atoms with Gasteiger partial charge in [0.2, 0.25) is 11.8 Å². The largest absolute Gasteiger partial charge is 0.534 e. The van der Waals surface area contributed by atoms with Crippen LogP contribution in [0.4, 0.5) is 49.5 Å². The minimum Gasteiger partial charge on any atom is -0.480 e. The molecule has 4 aliphatic heterocycles. The van der Waals surface area contributed by atoms with E-state index >= 15 is 0 Å². The van der Waals surface area contributed by atoms with Crippen LogP contribution in [0.5, 0.6) is 0 Å². The van der Waals surface area contributed by atoms with Gasteiger partial charge in [-0.2, -0.15) is 0 Å². The molecule has 12 N–H and O–H groups in total. The first kappa shape index (κ1) is 83.3. The molecule has 3 aromatic rings. The zero-order valence-electron chi connectivity index (χ0n) is 53.7. The van der Waals surface area contributed by atoms with Gasteiger partial charge in [0, 0.05) is 69.7 Å². The third kappa shape index (κ3) is 23.9. The summed E-state index contributed by atoms with van der Waals surface area (Å²) in [7, 11) is -9.04. The second-order valence-electron chi connectivity index (χ2n) is 26.8. The molecule has 0 unspecified atom stereocenters. The van der Waals surface area contributed by atoms with Crippen LogP contribution >= 0.6 is 0 Å². The number of halogens is 8. The summed E-state index contributed by atoms with van der Waals surface area (Å²) >= 11 is 0. The fraction of sp³-hybridized carbons (Fsp3) is 0.557. The zero-order valence-corrected chi connectivity index (χ0v) is 56.1. The first-order valence-corrected chi connectivity index (χ1v) is 35.4. The monoisotopic (exact) mass is 1510 g/mol. The van der Waals surface area contributed by atoms with E-state index in [1.165, 1.54) is 6.92 Å². The molecule has 0 atom stereocenters. The van der Waals surface area contributed by atoms with E-state index in [1.807, 2.05) is 11.4 Å². The van der Waals surface area contributed by atoms with Crippen molar-refractivity contribution in [1.82, 2.24) is 26.3 Å². The molecule has 40 heteroatoms. The Morgan fingerprint density at radius 2 is 0.752 bits per heavy atom. The minimum atomic E-state index is -3.23. The number of alkyl carbamates (subject to hydrolysis) is 2. The van der Waals surface area contributed by atoms with E-state index in [0.717, 1.165) is 5.56 Å². The van der Waals surface area contributed by atoms with Gasteiger partial charge >= 0.3 is 30.3 Å². The second-order valence-corrected chi connectivity index (χ2v) is 33.0. The average molecular weight is 1510 g/mol. The highest BCUT2D eigenvalue weighted by molar-refractivity contribution is 7.93. The molecule has 562 valence electrons. The molecule has 3 aromatic carbocycles. The Labute approximate surface area is 574 Å². The third-order valence-corrected chi connectivity index (χ3v) is 22.3. The third-order valence-electron chi connectivity index (χ3n) is 15.8. The molecule has 0 bridgehead atoms. The van der Waals surface area contributed by atoms with Crippen LogP contribution in [-0.4, -0.2) is 191 Å². The molecule has 4 saturated carbocycles. The Balaban J connectivity index is 0.000000226. The van der Waals surface area contributed by atoms with Crippen molar-refractivity contribution in [2.75, 3.05) is 34.5 Å². The van der Waals surface area contributed by atoms with Crippen LogP contribution in [0, 0.1) is 0 Å². The standard InChI is InChI=1S/C17H20F2N2O5S.C13H13F2NO4.C12H11NO5.C9H14F2N2O3S.C5H7F2NO2.C4H9NO2S.CH4/c1-15(10-27(24,25)11-15)20-13(22)16(8-17(18,19)9-16)21-14(23)26-7-12-5-3-2-4-6-12;14-13(15)7-12(8-13,10(17)18)16-11(19)20-6-9-4-2-1-3-5-9;14-10-6-7-11(15)13(10)18-12(16)17-8-9-4-2-1-3-5-9;1-7(4-17(15,16)5-7)13-6(14)8(12)2-9(10,11)3-8;6-5(7)1-4(8,2-5)3(9)10;1-4(5)2-8(6,7)3-4;/h2-6H,7-11H2,1H3,(H,20,22)(H,21,23);1-5H,6-8H2,(H,16,19)(H,17,18);1-5H,6-8H2;2-5,12H2,1H3,(H,13,14);1-2,8H2,(H,9,10);2-3,5H2,1H3;1H4. The van der Waals surface area contributed by atoms with E-state index in [1.54, 1.807) is 98.8 Å². The maximum absolute atomic E-state index is 13.5. The summed E-state index contributed by atoms with van der Waals surface area (Å²) in [5.74, 6) is -17.9. The van der Waals surface area contributed by atoms with Crippen molar-refractivity contribution in [2.45, 2.75) is 175 Å². The number of benzene rings is 3. The van der Waals surface area contributed by atoms with Gasteiger partial charge in [-0.25, -0.2) is 79.6 Å². The molecule has 0 aromatic heterocycles. The van der Waals surface area contributed by atoms with Gasteiger partial charge in [-0.05, 0) is 37.5 Å². The van der Waals surface area contributed by atoms with Crippen LogP contribution in [0.25, 0.3) is 0 Å². The molecule has 4 saturated heterocycles. The molecule has 8 aliphatic rings. The van der Waals surface area contributed by atoms with E-state index < -0.39 is 197 Å². The van der Waals surface area contributed by atoms with Crippen LogP contribution in [0.1, 0.15) is 109 Å². The molecule has 101 heavy (non-hydrogen) atoms. The summed E-state index contributed by atoms with van der Waals surface area (Å²) in [6.45, 7) is 4.72. The normalized spacial score (nSPS) is 22.9. The van der Waals surface area contributed by atoms with Crippen LogP contribution in [0.2, 0.25) is 0 Å². The number of nitrogens with one attached hydrogen (secondary N) is 4. The summed E-state index contributed by atoms with van der Waals surface area (Å²) in [4.78, 5) is 107. The highest BCUT2D eigenvalue weighted by Crippen LogP contribution is 2.48. The van der Waals surface area contributed by atoms with Gasteiger partial charge in [0.25, 0.3) is 35.5 Å². The molecule has 11 rings (SSSR count). The summed E-state index contributed by atoms with van der Waals surface area (Å²) in [5.41, 5.74) is 8.88. The number of hydrogen-bond acceptors (Lipinski definition) is 22. The number of carboxylic acid groups (broad SMARTS) is 2. The van der Waals surface area contributed by atoms with Crippen LogP contribution in [0.3, 0.4) is 0 Å². The number of ether oxygens (including phenoxy) is 3. The molecule has 0 radical (unpaired) electrons. The van der Waals surface area contributed by atoms with E-state index in [2.05, 4.69) is 20.8 Å². The number of carbonyl (C=O) groups is 9. The maximum atomic E-state index is 13.5. The van der Waals surface area contributed by atoms with Crippen molar-refractivity contribution in [3.63, 3.8) is 0 Å². The lowest BCUT2D eigenvalue weighted by molar-refractivity contribution is -0.177. The highest BCUT2D eigenvalue weighted by atomic mass is 32.2. The van der Waals surface area contributed by atoms with Gasteiger partial charge in [0.15, 0.2) is 35.1 Å². The molecule has 4 heterocycles. The van der Waals surface area contributed by atoms with Gasteiger partial charge in [-0.15, -0.1) is 0 Å². The fourth-order valence-corrected chi connectivity index (χ4v) is 17.4. The molecule has 8 fully saturated rings. The number of hydroxylamine groups is 2. The van der Waals surface area contributed by atoms with Gasteiger partial charge in [-0.1, -0.05) is 103 Å². The molecule has 6 amide bonds. The summed E-state index contributed by atoms with van der Waals surface area (Å²) in [6.07, 6.45) is -9.38. The number of aliphatic carboxylic acids is 2. The van der Waals surface area contributed by atoms with Crippen molar-refractivity contribution in [1.29, 1.82) is 0 Å². The van der Waals surface area contributed by atoms with Crippen LogP contribution in [-0.2, 0) is 97.1 Å². The molecular weight excluding hydrogens is 1430 g/mol. The number of nitrogens with two attached hydrogens (primary N) is 3. The Bertz CT molecular complexity index is 3850. The first-order valence-electron chi connectivity index (χ1n) is 30.0. The van der Waals surface area contributed by atoms with Gasteiger partial charge in [0.1, 0.15) is 36.4 Å². The predicted molar refractivity (Wildman–Crippen MR) is 338 cm³/mol. The Morgan fingerprint density at radius 1 is 0.446 bits per heavy atom. The summed E-state index contributed by atoms with van der Waals surface area (Å²) in [5, 5.41) is 26.9. The Hall–Kier alpha value is -8.34. The summed E-state index contributed by atoms with van der Waals surface area (Å²) < 4.78 is 182. The van der Waals surface area contributed by atoms with E-state index in [-0.39, 0.29) is 74.6 Å². The van der Waals surface area contributed by atoms with Crippen molar-refractivity contribution >= 4 is 83.4 Å². The Kier molecular flexibility index (Phi) is 25.3. The van der Waals surface area contributed by atoms with Gasteiger partial charge in [-0.3, -0.25) is 28.8 Å². The number of hydrogen-bond donors (Lipinski definition) is 9. The highest BCUT2D eigenvalue weighted by Gasteiger charge is 2.65. The van der Waals surface area contributed by atoms with Gasteiger partial charge in [0.05, 0.1) is 45.6 Å². The van der Waals surface area contributed by atoms with Crippen molar-refractivity contribution < 1.29 is 133 Å². The number of sulfone groups is 3. The number of carbonyl (C=O) groups excluding carboxylic acids is 7. The quantitative estimate of drug-likeness (QED) is 0.0442. The van der Waals surface area contributed by atoms with E-state index in [9.17, 15) is 104 Å². The van der Waals surface area contributed by atoms with Crippen molar-refractivity contribution in [3.05, 3.63) is 108 Å². The van der Waals surface area contributed by atoms with E-state index in [0.29, 0.717) is 16.2 Å². The topological polar surface area (TPSA) is 463 Å². The van der Waals surface area contributed by atoms with Crippen LogP contribution < -0.4 is 38.5 Å². The summed E-state index contributed by atoms with van der Waals surface area (Å²) in [6, 6.07) is 26.5. The number of nitrogens with zero attached hydrogens (tertiary/aromatic N) is 1. The van der Waals surface area contributed by atoms with Gasteiger partial charge < -0.3 is 62.9 Å². The second kappa shape index (κ2) is 30.7. The molecule has 4 aliphatic carbocycles. The molecular formula is C61H78F8N8O21S3. The maximum Gasteiger partial charge on any atom is 0.534 e. The molecule has 0 spiro atoms. The van der Waals surface area contributed by atoms with Crippen molar-refractivity contribution in [3.8, 4) is 0 Å². The lowest BCUT2D eigenvalue weighted by atomic mass is 9.72. The fourth-order valence-electron chi connectivity index (χ4n) is 11.5. The lowest BCUT2D eigenvalue weighted by Crippen LogP contribution is -2.74. The smallest absolute Gasteiger partial charge is 0.480 e. The number of alkyl halides is 8.